The summed E-state index contributed by atoms with van der Waals surface area (Å²) in [6.45, 7) is 0.0333. The molecule has 11 heavy (non-hydrogen) atoms. The molecule has 0 N–H and O–H groups in total. The first-order chi connectivity index (χ1) is 5.04. The van der Waals surface area contributed by atoms with Crippen molar-refractivity contribution in [2.24, 2.45) is 0 Å². The lowest BCUT2D eigenvalue weighted by Gasteiger charge is -2.20. The molecular weight excluding hydrogens is 178 g/mol. The summed E-state index contributed by atoms with van der Waals surface area (Å²) < 4.78 is 49.6. The highest BCUT2D eigenvalue weighted by Crippen LogP contribution is 2.22. The van der Waals surface area contributed by atoms with Gasteiger partial charge in [-0.25, -0.2) is 8.78 Å². The molecule has 1 saturated heterocycles. The van der Waals surface area contributed by atoms with E-state index in [9.17, 15) is 17.2 Å². The molecule has 1 aliphatic heterocycles. The second-order valence-electron chi connectivity index (χ2n) is 2.33. The van der Waals surface area contributed by atoms with Gasteiger partial charge < -0.3 is 0 Å². The lowest BCUT2D eigenvalue weighted by molar-refractivity contribution is 0.119. The number of hydrogen-bond donors (Lipinski definition) is 0. The molecule has 0 aliphatic carbocycles. The van der Waals surface area contributed by atoms with Gasteiger partial charge in [0.2, 0.25) is 0 Å². The molecule has 0 amide bonds. The summed E-state index contributed by atoms with van der Waals surface area (Å²) in [7, 11) is -3.97. The van der Waals surface area contributed by atoms with Crippen LogP contribution in [0.25, 0.3) is 0 Å². The normalized spacial score (nSPS) is 30.6. The van der Waals surface area contributed by atoms with Crippen molar-refractivity contribution in [2.45, 2.75) is 24.5 Å². The van der Waals surface area contributed by atoms with Crippen LogP contribution < -0.4 is 0 Å². The standard InChI is InChI=1S/C5H8F2O3S/c6-5(7)4-2-1-3-10-11(4,8)9/h4-5H,1-3H2. The van der Waals surface area contributed by atoms with Crippen molar-refractivity contribution in [2.75, 3.05) is 6.61 Å². The molecule has 0 bridgehead atoms. The highest BCUT2D eigenvalue weighted by Gasteiger charge is 2.37. The van der Waals surface area contributed by atoms with E-state index in [0.717, 1.165) is 0 Å². The van der Waals surface area contributed by atoms with Gasteiger partial charge in [-0.1, -0.05) is 0 Å². The van der Waals surface area contributed by atoms with Crippen molar-refractivity contribution < 1.29 is 21.4 Å². The van der Waals surface area contributed by atoms with Gasteiger partial charge in [-0.3, -0.25) is 4.18 Å². The molecule has 66 valence electrons. The van der Waals surface area contributed by atoms with E-state index in [2.05, 4.69) is 4.18 Å². The van der Waals surface area contributed by atoms with Gasteiger partial charge in [-0.05, 0) is 12.8 Å². The highest BCUT2D eigenvalue weighted by molar-refractivity contribution is 7.87. The van der Waals surface area contributed by atoms with Crippen LogP contribution in [0, 0.1) is 0 Å². The third kappa shape index (κ3) is 1.87. The Hall–Kier alpha value is -0.230. The van der Waals surface area contributed by atoms with Crippen LogP contribution >= 0.6 is 0 Å². The average molecular weight is 186 g/mol. The third-order valence-corrected chi connectivity index (χ3v) is 3.21. The van der Waals surface area contributed by atoms with E-state index in [1.807, 2.05) is 0 Å². The molecule has 1 aliphatic rings. The third-order valence-electron chi connectivity index (χ3n) is 1.53. The van der Waals surface area contributed by atoms with E-state index in [-0.39, 0.29) is 13.0 Å². The zero-order valence-electron chi connectivity index (χ0n) is 5.66. The summed E-state index contributed by atoms with van der Waals surface area (Å²) in [6, 6.07) is 0. The predicted octanol–water partition coefficient (Wildman–Crippen LogP) is 0.760. The number of hydrogen-bond acceptors (Lipinski definition) is 3. The number of rotatable bonds is 1. The van der Waals surface area contributed by atoms with Gasteiger partial charge in [-0.2, -0.15) is 8.42 Å². The topological polar surface area (TPSA) is 43.4 Å². The highest BCUT2D eigenvalue weighted by atomic mass is 32.2. The van der Waals surface area contributed by atoms with E-state index >= 15 is 0 Å². The maximum atomic E-state index is 12.0. The molecule has 6 heteroatoms. The van der Waals surface area contributed by atoms with Crippen LogP contribution in [0.1, 0.15) is 12.8 Å². The van der Waals surface area contributed by atoms with Gasteiger partial charge in [0, 0.05) is 0 Å². The lowest BCUT2D eigenvalue weighted by atomic mass is 10.2. The van der Waals surface area contributed by atoms with Crippen LogP contribution in [0.2, 0.25) is 0 Å². The first kappa shape index (κ1) is 8.86. The van der Waals surface area contributed by atoms with Crippen molar-refractivity contribution in [3.63, 3.8) is 0 Å². The Kier molecular flexibility index (Phi) is 2.43. The quantitative estimate of drug-likeness (QED) is 0.568. The average Bonchev–Trinajstić information content (AvgIpc) is 1.85. The van der Waals surface area contributed by atoms with Crippen LogP contribution in [0.15, 0.2) is 0 Å². The van der Waals surface area contributed by atoms with Gasteiger partial charge in [0.1, 0.15) is 5.25 Å². The van der Waals surface area contributed by atoms with Crippen molar-refractivity contribution in [3.05, 3.63) is 0 Å². The van der Waals surface area contributed by atoms with Crippen molar-refractivity contribution >= 4 is 10.1 Å². The molecule has 0 aromatic carbocycles. The van der Waals surface area contributed by atoms with Gasteiger partial charge in [0.25, 0.3) is 16.5 Å². The van der Waals surface area contributed by atoms with Crippen LogP contribution in [0.4, 0.5) is 8.78 Å². The van der Waals surface area contributed by atoms with E-state index in [0.29, 0.717) is 6.42 Å². The van der Waals surface area contributed by atoms with Crippen molar-refractivity contribution in [1.82, 2.24) is 0 Å². The fourth-order valence-electron chi connectivity index (χ4n) is 0.943. The fraction of sp³-hybridized carbons (Fsp3) is 1.00. The number of alkyl halides is 2. The molecule has 1 unspecified atom stereocenters. The summed E-state index contributed by atoms with van der Waals surface area (Å²) in [4.78, 5) is 0. The maximum Gasteiger partial charge on any atom is 0.275 e. The Labute approximate surface area is 63.5 Å². The van der Waals surface area contributed by atoms with Crippen LogP contribution in [0.3, 0.4) is 0 Å². The van der Waals surface area contributed by atoms with Gasteiger partial charge in [0.05, 0.1) is 6.61 Å². The predicted molar refractivity (Wildman–Crippen MR) is 33.9 cm³/mol. The van der Waals surface area contributed by atoms with Crippen LogP contribution in [0.5, 0.6) is 0 Å². The molecular formula is C5H8F2O3S. The Morgan fingerprint density at radius 3 is 2.45 bits per heavy atom. The Morgan fingerprint density at radius 1 is 1.45 bits per heavy atom. The van der Waals surface area contributed by atoms with E-state index in [1.54, 1.807) is 0 Å². The Bertz CT molecular complexity index is 224. The Balaban J connectivity index is 2.76. The second kappa shape index (κ2) is 3.02. The number of halogens is 2. The summed E-state index contributed by atoms with van der Waals surface area (Å²) >= 11 is 0. The summed E-state index contributed by atoms with van der Waals surface area (Å²) in [5, 5.41) is -1.61. The molecule has 0 aromatic rings. The van der Waals surface area contributed by atoms with Crippen molar-refractivity contribution in [1.29, 1.82) is 0 Å². The van der Waals surface area contributed by atoms with E-state index in [4.69, 9.17) is 0 Å². The summed E-state index contributed by atoms with van der Waals surface area (Å²) in [5.74, 6) is 0. The molecule has 0 saturated carbocycles. The van der Waals surface area contributed by atoms with Crippen LogP contribution in [-0.4, -0.2) is 26.7 Å². The van der Waals surface area contributed by atoms with Gasteiger partial charge >= 0.3 is 0 Å². The summed E-state index contributed by atoms with van der Waals surface area (Å²) in [6.07, 6.45) is -2.45. The molecule has 1 rings (SSSR count). The van der Waals surface area contributed by atoms with E-state index in [1.165, 1.54) is 0 Å². The van der Waals surface area contributed by atoms with Gasteiger partial charge in [0.15, 0.2) is 0 Å². The molecule has 3 nitrogen and oxygen atoms in total. The minimum atomic E-state index is -3.97. The van der Waals surface area contributed by atoms with Gasteiger partial charge in [-0.15, -0.1) is 0 Å². The molecule has 1 heterocycles. The van der Waals surface area contributed by atoms with E-state index < -0.39 is 21.8 Å². The second-order valence-corrected chi connectivity index (χ2v) is 4.16. The molecule has 1 atom stereocenters. The summed E-state index contributed by atoms with van der Waals surface area (Å²) in [5.41, 5.74) is 0. The maximum absolute atomic E-state index is 12.0. The largest absolute Gasteiger partial charge is 0.275 e. The molecule has 0 radical (unpaired) electrons. The molecule has 1 fully saturated rings. The monoisotopic (exact) mass is 186 g/mol. The first-order valence-electron chi connectivity index (χ1n) is 3.20. The minimum absolute atomic E-state index is 0. The first-order valence-corrected chi connectivity index (χ1v) is 4.67. The SMILES string of the molecule is O=S1(=O)OCCCC1C(F)F. The smallest absolute Gasteiger partial charge is 0.270 e. The zero-order valence-corrected chi connectivity index (χ0v) is 6.48. The lowest BCUT2D eigenvalue weighted by Crippen LogP contribution is -2.34. The Morgan fingerprint density at radius 2 is 2.09 bits per heavy atom. The molecule has 0 aromatic heterocycles. The van der Waals surface area contributed by atoms with Crippen molar-refractivity contribution in [3.8, 4) is 0 Å². The van der Waals surface area contributed by atoms with Crippen LogP contribution in [-0.2, 0) is 14.3 Å². The fourth-order valence-corrected chi connectivity index (χ4v) is 2.18. The zero-order chi connectivity index (χ0) is 8.48. The molecule has 0 spiro atoms. The minimum Gasteiger partial charge on any atom is -0.270 e.